The van der Waals surface area contributed by atoms with Crippen molar-refractivity contribution in [2.45, 2.75) is 32.5 Å². The Bertz CT molecular complexity index is 747. The molecule has 2 aromatic heterocycles. The van der Waals surface area contributed by atoms with E-state index in [-0.39, 0.29) is 24.6 Å². The molecule has 1 N–H and O–H groups in total. The molecule has 0 amide bonds. The smallest absolute Gasteiger partial charge is 0.325 e. The molecule has 1 aliphatic heterocycles. The van der Waals surface area contributed by atoms with E-state index in [1.807, 2.05) is 35.4 Å². The maximum Gasteiger partial charge on any atom is 0.325 e. The third-order valence-electron chi connectivity index (χ3n) is 4.31. The number of aromatic nitrogens is 2. The van der Waals surface area contributed by atoms with Gasteiger partial charge in [0.1, 0.15) is 6.54 Å². The van der Waals surface area contributed by atoms with Gasteiger partial charge in [-0.05, 0) is 50.3 Å². The van der Waals surface area contributed by atoms with Crippen LogP contribution in [0.1, 0.15) is 37.3 Å². The van der Waals surface area contributed by atoms with E-state index in [9.17, 15) is 4.79 Å². The quantitative estimate of drug-likeness (QED) is 0.632. The number of rotatable bonds is 6. The second-order valence-corrected chi connectivity index (χ2v) is 6.17. The summed E-state index contributed by atoms with van der Waals surface area (Å²) in [6.07, 6.45) is 3.80. The van der Waals surface area contributed by atoms with Crippen molar-refractivity contribution in [1.82, 2.24) is 19.8 Å². The Morgan fingerprint density at radius 1 is 1.32 bits per heavy atom. The van der Waals surface area contributed by atoms with E-state index in [0.29, 0.717) is 11.7 Å². The van der Waals surface area contributed by atoms with Crippen LogP contribution >= 0.6 is 12.2 Å². The Morgan fingerprint density at radius 3 is 2.84 bits per heavy atom. The third kappa shape index (κ3) is 3.51. The monoisotopic (exact) mass is 358 g/mol. The second-order valence-electron chi connectivity index (χ2n) is 5.78. The first kappa shape index (κ1) is 17.4. The number of pyridine rings is 1. The van der Waals surface area contributed by atoms with Crippen LogP contribution in [0, 0.1) is 0 Å². The minimum absolute atomic E-state index is 0.114. The van der Waals surface area contributed by atoms with Gasteiger partial charge >= 0.3 is 5.97 Å². The first-order valence-electron chi connectivity index (χ1n) is 8.44. The number of carbonyl (C=O) groups is 1. The Balaban J connectivity index is 1.99. The first-order valence-corrected chi connectivity index (χ1v) is 8.85. The lowest BCUT2D eigenvalue weighted by Crippen LogP contribution is -2.36. The van der Waals surface area contributed by atoms with Gasteiger partial charge in [-0.3, -0.25) is 9.78 Å². The van der Waals surface area contributed by atoms with Crippen LogP contribution in [-0.4, -0.2) is 38.7 Å². The Hall–Kier alpha value is -2.41. The SMILES string of the molecule is CCOC(=O)CN1C(=S)N[C@H](c2ccccn2)[C@@H]1c1cccn1CC. The van der Waals surface area contributed by atoms with Gasteiger partial charge in [0.05, 0.1) is 24.4 Å². The van der Waals surface area contributed by atoms with Crippen molar-refractivity contribution >= 4 is 23.3 Å². The average molecular weight is 358 g/mol. The predicted octanol–water partition coefficient (Wildman–Crippen LogP) is 2.44. The molecule has 0 saturated carbocycles. The lowest BCUT2D eigenvalue weighted by molar-refractivity contribution is -0.143. The number of nitrogens with one attached hydrogen (secondary N) is 1. The van der Waals surface area contributed by atoms with Crippen LogP contribution < -0.4 is 5.32 Å². The van der Waals surface area contributed by atoms with E-state index < -0.39 is 0 Å². The predicted molar refractivity (Wildman–Crippen MR) is 98.9 cm³/mol. The number of nitrogens with zero attached hydrogens (tertiary/aromatic N) is 3. The molecular formula is C18H22N4O2S. The lowest BCUT2D eigenvalue weighted by atomic mass is 10.0. The topological polar surface area (TPSA) is 59.4 Å². The van der Waals surface area contributed by atoms with Gasteiger partial charge < -0.3 is 19.5 Å². The number of esters is 1. The summed E-state index contributed by atoms with van der Waals surface area (Å²) in [6.45, 7) is 5.20. The molecule has 0 aliphatic carbocycles. The molecule has 7 heteroatoms. The molecule has 2 aromatic rings. The van der Waals surface area contributed by atoms with Gasteiger partial charge in [0.15, 0.2) is 5.11 Å². The molecule has 0 unspecified atom stereocenters. The van der Waals surface area contributed by atoms with Crippen molar-refractivity contribution in [2.75, 3.05) is 13.2 Å². The summed E-state index contributed by atoms with van der Waals surface area (Å²) in [7, 11) is 0. The van der Waals surface area contributed by atoms with Crippen LogP contribution in [0.4, 0.5) is 0 Å². The lowest BCUT2D eigenvalue weighted by Gasteiger charge is -2.27. The maximum atomic E-state index is 12.1. The van der Waals surface area contributed by atoms with Gasteiger partial charge in [0.25, 0.3) is 0 Å². The van der Waals surface area contributed by atoms with Crippen LogP contribution in [0.3, 0.4) is 0 Å². The van der Waals surface area contributed by atoms with E-state index in [2.05, 4.69) is 27.9 Å². The molecule has 25 heavy (non-hydrogen) atoms. The van der Waals surface area contributed by atoms with E-state index in [4.69, 9.17) is 17.0 Å². The van der Waals surface area contributed by atoms with Crippen LogP contribution in [-0.2, 0) is 16.1 Å². The molecule has 2 atom stereocenters. The molecule has 1 saturated heterocycles. The van der Waals surface area contributed by atoms with Crippen molar-refractivity contribution in [1.29, 1.82) is 0 Å². The molecule has 3 rings (SSSR count). The minimum atomic E-state index is -0.284. The highest BCUT2D eigenvalue weighted by Crippen LogP contribution is 2.38. The zero-order chi connectivity index (χ0) is 17.8. The van der Waals surface area contributed by atoms with Gasteiger partial charge in [-0.25, -0.2) is 0 Å². The zero-order valence-corrected chi connectivity index (χ0v) is 15.2. The molecule has 1 fully saturated rings. The van der Waals surface area contributed by atoms with Crippen LogP contribution in [0.2, 0.25) is 0 Å². The number of hydrogen-bond donors (Lipinski definition) is 1. The highest BCUT2D eigenvalue weighted by atomic mass is 32.1. The van der Waals surface area contributed by atoms with Crippen molar-refractivity contribution in [3.8, 4) is 0 Å². The second kappa shape index (κ2) is 7.65. The first-order chi connectivity index (χ1) is 12.2. The van der Waals surface area contributed by atoms with Gasteiger partial charge in [0, 0.05) is 24.6 Å². The van der Waals surface area contributed by atoms with E-state index in [1.54, 1.807) is 13.1 Å². The molecule has 1 aliphatic rings. The fourth-order valence-electron chi connectivity index (χ4n) is 3.23. The molecular weight excluding hydrogens is 336 g/mol. The highest BCUT2D eigenvalue weighted by molar-refractivity contribution is 7.80. The zero-order valence-electron chi connectivity index (χ0n) is 14.4. The normalized spacial score (nSPS) is 19.8. The number of thiocarbonyl (C=S) groups is 1. The molecule has 0 aromatic carbocycles. The number of ether oxygens (including phenoxy) is 1. The standard InChI is InChI=1S/C18H22N4O2S/c1-3-21-11-7-9-14(21)17-16(13-8-5-6-10-19-13)20-18(25)22(17)12-15(23)24-4-2/h5-11,16-17H,3-4,12H2,1-2H3,(H,20,25)/t16-,17+/m1/s1. The summed E-state index contributed by atoms with van der Waals surface area (Å²) in [6, 6.07) is 9.65. The Morgan fingerprint density at radius 2 is 2.16 bits per heavy atom. The van der Waals surface area contributed by atoms with Gasteiger partial charge in [-0.15, -0.1) is 0 Å². The summed E-state index contributed by atoms with van der Waals surface area (Å²) in [5.41, 5.74) is 1.99. The van der Waals surface area contributed by atoms with Crippen molar-refractivity contribution in [3.63, 3.8) is 0 Å². The van der Waals surface area contributed by atoms with Crippen molar-refractivity contribution in [2.24, 2.45) is 0 Å². The summed E-state index contributed by atoms with van der Waals surface area (Å²) in [5.74, 6) is -0.284. The molecule has 3 heterocycles. The molecule has 6 nitrogen and oxygen atoms in total. The Labute approximate surface area is 152 Å². The van der Waals surface area contributed by atoms with Crippen LogP contribution in [0.25, 0.3) is 0 Å². The summed E-state index contributed by atoms with van der Waals surface area (Å²) < 4.78 is 7.29. The minimum Gasteiger partial charge on any atom is -0.465 e. The van der Waals surface area contributed by atoms with E-state index in [1.165, 1.54) is 0 Å². The number of carbonyl (C=O) groups excluding carboxylic acids is 1. The molecule has 0 radical (unpaired) electrons. The molecule has 0 bridgehead atoms. The van der Waals surface area contributed by atoms with E-state index >= 15 is 0 Å². The summed E-state index contributed by atoms with van der Waals surface area (Å²) in [5, 5.41) is 3.87. The van der Waals surface area contributed by atoms with Crippen LogP contribution in [0.15, 0.2) is 42.7 Å². The summed E-state index contributed by atoms with van der Waals surface area (Å²) >= 11 is 5.52. The van der Waals surface area contributed by atoms with Gasteiger partial charge in [-0.2, -0.15) is 0 Å². The number of aryl methyl sites for hydroxylation is 1. The third-order valence-corrected chi connectivity index (χ3v) is 4.66. The highest BCUT2D eigenvalue weighted by Gasteiger charge is 2.41. The fraction of sp³-hybridized carbons (Fsp3) is 0.389. The van der Waals surface area contributed by atoms with E-state index in [0.717, 1.165) is 17.9 Å². The Kier molecular flexibility index (Phi) is 5.33. The molecule has 0 spiro atoms. The van der Waals surface area contributed by atoms with Gasteiger partial charge in [0.2, 0.25) is 0 Å². The average Bonchev–Trinajstić information content (AvgIpc) is 3.20. The summed E-state index contributed by atoms with van der Waals surface area (Å²) in [4.78, 5) is 18.5. The van der Waals surface area contributed by atoms with Crippen molar-refractivity contribution in [3.05, 3.63) is 54.1 Å². The largest absolute Gasteiger partial charge is 0.465 e. The maximum absolute atomic E-state index is 12.1. The molecule has 132 valence electrons. The van der Waals surface area contributed by atoms with Gasteiger partial charge in [-0.1, -0.05) is 6.07 Å². The number of hydrogen-bond acceptors (Lipinski definition) is 4. The van der Waals surface area contributed by atoms with Crippen LogP contribution in [0.5, 0.6) is 0 Å². The van der Waals surface area contributed by atoms with Crippen molar-refractivity contribution < 1.29 is 9.53 Å². The fourth-order valence-corrected chi connectivity index (χ4v) is 3.53.